The van der Waals surface area contributed by atoms with E-state index in [2.05, 4.69) is 19.1 Å². The van der Waals surface area contributed by atoms with Crippen molar-refractivity contribution in [3.63, 3.8) is 0 Å². The molecule has 1 N–H and O–H groups in total. The van der Waals surface area contributed by atoms with Crippen molar-refractivity contribution in [3.8, 4) is 0 Å². The molecule has 1 heterocycles. The number of ether oxygens (including phenoxy) is 1. The first-order chi connectivity index (χ1) is 10.2. The van der Waals surface area contributed by atoms with Gasteiger partial charge in [-0.15, -0.1) is 0 Å². The molecule has 21 heavy (non-hydrogen) atoms. The normalized spacial score (nSPS) is 22.5. The molecular formula is C17H31NO3. The summed E-state index contributed by atoms with van der Waals surface area (Å²) in [4.78, 5) is 13.8. The largest absolute Gasteiger partial charge is 0.390 e. The summed E-state index contributed by atoms with van der Waals surface area (Å²) in [5, 5.41) is 10.0. The van der Waals surface area contributed by atoms with Crippen LogP contribution in [0, 0.1) is 0 Å². The Balaban J connectivity index is 2.17. The second-order valence-corrected chi connectivity index (χ2v) is 5.64. The molecule has 0 bridgehead atoms. The highest BCUT2D eigenvalue weighted by atomic mass is 16.6. The number of hydrogen-bond donors (Lipinski definition) is 1. The van der Waals surface area contributed by atoms with E-state index in [0.29, 0.717) is 19.5 Å². The lowest BCUT2D eigenvalue weighted by Gasteiger charge is -2.17. The molecule has 0 aromatic heterocycles. The Morgan fingerprint density at radius 3 is 2.48 bits per heavy atom. The van der Waals surface area contributed by atoms with Gasteiger partial charge in [0.25, 0.3) is 5.91 Å². The fourth-order valence-corrected chi connectivity index (χ4v) is 2.51. The highest BCUT2D eigenvalue weighted by Crippen LogP contribution is 2.29. The minimum absolute atomic E-state index is 0.0131. The minimum Gasteiger partial charge on any atom is -0.390 e. The van der Waals surface area contributed by atoms with Gasteiger partial charge in [0.05, 0.1) is 6.10 Å². The molecule has 3 atom stereocenters. The number of epoxide rings is 1. The monoisotopic (exact) mass is 297 g/mol. The van der Waals surface area contributed by atoms with E-state index < -0.39 is 12.2 Å². The molecule has 1 saturated heterocycles. The molecule has 0 saturated carbocycles. The smallest absolute Gasteiger partial charge is 0.254 e. The van der Waals surface area contributed by atoms with E-state index >= 15 is 0 Å². The molecule has 1 fully saturated rings. The summed E-state index contributed by atoms with van der Waals surface area (Å²) in [6, 6.07) is 0. The Hall–Kier alpha value is -0.870. The molecule has 0 spiro atoms. The average molecular weight is 297 g/mol. The second-order valence-electron chi connectivity index (χ2n) is 5.64. The molecule has 1 rings (SSSR count). The van der Waals surface area contributed by atoms with Crippen molar-refractivity contribution in [1.29, 1.82) is 0 Å². The topological polar surface area (TPSA) is 53.1 Å². The number of nitrogens with zero attached hydrogens (tertiary/aromatic N) is 1. The lowest BCUT2D eigenvalue weighted by atomic mass is 10.1. The highest BCUT2D eigenvalue weighted by Gasteiger charge is 2.50. The van der Waals surface area contributed by atoms with Crippen LogP contribution in [0.5, 0.6) is 0 Å². The van der Waals surface area contributed by atoms with Crippen LogP contribution in [0.2, 0.25) is 0 Å². The van der Waals surface area contributed by atoms with E-state index in [1.807, 2.05) is 13.8 Å². The highest BCUT2D eigenvalue weighted by molar-refractivity contribution is 5.83. The Kier molecular flexibility index (Phi) is 8.62. The Bertz CT molecular complexity index is 326. The third-order valence-corrected chi connectivity index (χ3v) is 3.99. The third-order valence-electron chi connectivity index (χ3n) is 3.99. The van der Waals surface area contributed by atoms with E-state index in [1.165, 1.54) is 19.3 Å². The van der Waals surface area contributed by atoms with Gasteiger partial charge in [0.15, 0.2) is 6.10 Å². The number of unbranched alkanes of at least 4 members (excludes halogenated alkanes) is 3. The first-order valence-corrected chi connectivity index (χ1v) is 8.42. The Morgan fingerprint density at radius 2 is 1.86 bits per heavy atom. The molecular weight excluding hydrogens is 266 g/mol. The van der Waals surface area contributed by atoms with Crippen LogP contribution in [0.15, 0.2) is 12.2 Å². The van der Waals surface area contributed by atoms with Crippen molar-refractivity contribution in [2.24, 2.45) is 0 Å². The van der Waals surface area contributed by atoms with E-state index in [0.717, 1.165) is 12.8 Å². The summed E-state index contributed by atoms with van der Waals surface area (Å²) < 4.78 is 5.37. The summed E-state index contributed by atoms with van der Waals surface area (Å²) in [7, 11) is 0. The van der Waals surface area contributed by atoms with Gasteiger partial charge in [-0.3, -0.25) is 4.79 Å². The molecule has 0 radical (unpaired) electrons. The first-order valence-electron chi connectivity index (χ1n) is 8.42. The minimum atomic E-state index is -0.533. The number of carbonyl (C=O) groups excluding carboxylic acids is 1. The molecule has 1 aliphatic rings. The third kappa shape index (κ3) is 6.18. The predicted molar refractivity (Wildman–Crippen MR) is 85.1 cm³/mol. The summed E-state index contributed by atoms with van der Waals surface area (Å²) in [5.41, 5.74) is 0. The Morgan fingerprint density at radius 1 is 1.19 bits per heavy atom. The first kappa shape index (κ1) is 18.2. The molecule has 0 aromatic rings. The number of carbonyl (C=O) groups is 1. The molecule has 0 aliphatic carbocycles. The van der Waals surface area contributed by atoms with Crippen LogP contribution in [-0.2, 0) is 9.53 Å². The molecule has 4 heteroatoms. The second kappa shape index (κ2) is 9.96. The van der Waals surface area contributed by atoms with Crippen LogP contribution in [0.25, 0.3) is 0 Å². The van der Waals surface area contributed by atoms with Crippen molar-refractivity contribution >= 4 is 5.91 Å². The number of aliphatic hydroxyl groups excluding tert-OH is 1. The molecule has 4 nitrogen and oxygen atoms in total. The van der Waals surface area contributed by atoms with Crippen LogP contribution >= 0.6 is 0 Å². The summed E-state index contributed by atoms with van der Waals surface area (Å²) >= 11 is 0. The lowest BCUT2D eigenvalue weighted by Crippen LogP contribution is -2.36. The quantitative estimate of drug-likeness (QED) is 0.362. The summed E-state index contributed by atoms with van der Waals surface area (Å²) in [6.45, 7) is 7.50. The van der Waals surface area contributed by atoms with Gasteiger partial charge in [-0.2, -0.15) is 0 Å². The fourth-order valence-electron chi connectivity index (χ4n) is 2.51. The van der Waals surface area contributed by atoms with Gasteiger partial charge < -0.3 is 14.7 Å². The van der Waals surface area contributed by atoms with Crippen molar-refractivity contribution in [2.75, 3.05) is 13.1 Å². The van der Waals surface area contributed by atoms with Crippen molar-refractivity contribution < 1.29 is 14.6 Å². The van der Waals surface area contributed by atoms with E-state index in [9.17, 15) is 9.90 Å². The average Bonchev–Trinajstić information content (AvgIpc) is 3.27. The zero-order chi connectivity index (χ0) is 15.7. The maximum Gasteiger partial charge on any atom is 0.254 e. The van der Waals surface area contributed by atoms with Crippen LogP contribution < -0.4 is 0 Å². The van der Waals surface area contributed by atoms with Crippen molar-refractivity contribution in [3.05, 3.63) is 12.2 Å². The van der Waals surface area contributed by atoms with Crippen LogP contribution in [0.3, 0.4) is 0 Å². The van der Waals surface area contributed by atoms with Crippen LogP contribution in [-0.4, -0.2) is 47.3 Å². The molecule has 1 amide bonds. The van der Waals surface area contributed by atoms with Gasteiger partial charge in [0, 0.05) is 13.1 Å². The summed E-state index contributed by atoms with van der Waals surface area (Å²) in [5.74, 6) is 0.0131. The van der Waals surface area contributed by atoms with Crippen molar-refractivity contribution in [1.82, 2.24) is 4.90 Å². The predicted octanol–water partition coefficient (Wildman–Crippen LogP) is 2.90. The maximum absolute atomic E-state index is 12.0. The van der Waals surface area contributed by atoms with Gasteiger partial charge in [-0.1, -0.05) is 31.9 Å². The van der Waals surface area contributed by atoms with Crippen LogP contribution in [0.1, 0.15) is 59.3 Å². The molecule has 1 aliphatic heterocycles. The SMILES string of the molecule is CCCCC/C=C/CCC(O)[C@H]1O[C@H]1C(=O)N(CC)CC. The zero-order valence-electron chi connectivity index (χ0n) is 13.8. The molecule has 122 valence electrons. The van der Waals surface area contributed by atoms with E-state index in [1.54, 1.807) is 4.90 Å². The fraction of sp³-hybridized carbons (Fsp3) is 0.824. The zero-order valence-corrected chi connectivity index (χ0v) is 13.8. The number of likely N-dealkylation sites (N-methyl/N-ethyl adjacent to an activating group) is 1. The number of rotatable bonds is 11. The van der Waals surface area contributed by atoms with Gasteiger partial charge in [-0.05, 0) is 39.5 Å². The number of allylic oxidation sites excluding steroid dienone is 2. The standard InChI is InChI=1S/C17H31NO3/c1-4-7-8-9-10-11-12-13-14(19)15-16(21-15)17(20)18(5-2)6-3/h10-11,14-16,19H,4-9,12-13H2,1-3H3/b11-10+/t14?,15-,16-/m1/s1. The molecule has 1 unspecified atom stereocenters. The summed E-state index contributed by atoms with van der Waals surface area (Å²) in [6.07, 6.45) is 9.45. The Labute approximate surface area is 129 Å². The number of aliphatic hydroxyl groups is 1. The van der Waals surface area contributed by atoms with Gasteiger partial charge in [-0.25, -0.2) is 0 Å². The number of amides is 1. The van der Waals surface area contributed by atoms with Crippen LogP contribution in [0.4, 0.5) is 0 Å². The van der Waals surface area contributed by atoms with Gasteiger partial charge in [0.1, 0.15) is 6.10 Å². The van der Waals surface area contributed by atoms with Gasteiger partial charge >= 0.3 is 0 Å². The van der Waals surface area contributed by atoms with Gasteiger partial charge in [0.2, 0.25) is 0 Å². The van der Waals surface area contributed by atoms with E-state index in [-0.39, 0.29) is 12.0 Å². The lowest BCUT2D eigenvalue weighted by molar-refractivity contribution is -0.132. The number of hydrogen-bond acceptors (Lipinski definition) is 3. The van der Waals surface area contributed by atoms with Crippen molar-refractivity contribution in [2.45, 2.75) is 77.6 Å². The maximum atomic E-state index is 12.0. The van der Waals surface area contributed by atoms with E-state index in [4.69, 9.17) is 4.74 Å². The molecule has 0 aromatic carbocycles.